The summed E-state index contributed by atoms with van der Waals surface area (Å²) in [6.45, 7) is 12.2. The van der Waals surface area contributed by atoms with Crippen molar-refractivity contribution >= 4 is 5.82 Å². The number of nitrogens with one attached hydrogen (secondary N) is 1. The summed E-state index contributed by atoms with van der Waals surface area (Å²) >= 11 is 0. The lowest BCUT2D eigenvalue weighted by Gasteiger charge is -2.35. The predicted molar refractivity (Wildman–Crippen MR) is 90.8 cm³/mol. The Hall–Kier alpha value is -1.09. The van der Waals surface area contributed by atoms with Crippen LogP contribution in [0.4, 0.5) is 5.82 Å². The quantitative estimate of drug-likeness (QED) is 0.864. The minimum absolute atomic E-state index is 0.620. The summed E-state index contributed by atoms with van der Waals surface area (Å²) in [4.78, 5) is 7.36. The van der Waals surface area contributed by atoms with Crippen LogP contribution >= 0.6 is 0 Å². The number of hydrogen-bond acceptors (Lipinski definition) is 3. The van der Waals surface area contributed by atoms with Gasteiger partial charge in [-0.15, -0.1) is 0 Å². The maximum Gasteiger partial charge on any atom is 0.129 e. The van der Waals surface area contributed by atoms with Gasteiger partial charge in [0.2, 0.25) is 0 Å². The van der Waals surface area contributed by atoms with Crippen molar-refractivity contribution in [3.63, 3.8) is 0 Å². The second-order valence-electron chi connectivity index (χ2n) is 6.74. The van der Waals surface area contributed by atoms with Gasteiger partial charge in [-0.3, -0.25) is 0 Å². The summed E-state index contributed by atoms with van der Waals surface area (Å²) < 4.78 is 0. The first-order valence-corrected chi connectivity index (χ1v) is 8.57. The van der Waals surface area contributed by atoms with Gasteiger partial charge in [-0.25, -0.2) is 4.98 Å². The first-order chi connectivity index (χ1) is 10.1. The molecule has 118 valence electrons. The molecular weight excluding hydrogens is 258 g/mol. The smallest absolute Gasteiger partial charge is 0.129 e. The van der Waals surface area contributed by atoms with Crippen molar-refractivity contribution in [2.45, 2.75) is 66.0 Å². The predicted octanol–water partition coefficient (Wildman–Crippen LogP) is 3.77. The first kappa shape index (κ1) is 16.3. The normalized spacial score (nSPS) is 19.3. The average Bonchev–Trinajstić information content (AvgIpc) is 2.47. The Morgan fingerprint density at radius 3 is 2.81 bits per heavy atom. The standard InChI is InChI=1S/C18H31N3/c1-5-17-10-16(13-19-12-14(2)3)11-18(20-17)21-9-7-6-8-15(21)4/h10-11,14-15,19H,5-9,12-13H2,1-4H3. The second kappa shape index (κ2) is 7.79. The van der Waals surface area contributed by atoms with E-state index < -0.39 is 0 Å². The van der Waals surface area contributed by atoms with Crippen LogP contribution in [-0.2, 0) is 13.0 Å². The van der Waals surface area contributed by atoms with Gasteiger partial charge in [-0.2, -0.15) is 0 Å². The molecule has 1 fully saturated rings. The Morgan fingerprint density at radius 2 is 2.14 bits per heavy atom. The van der Waals surface area contributed by atoms with E-state index in [-0.39, 0.29) is 0 Å². The van der Waals surface area contributed by atoms with Crippen molar-refractivity contribution in [3.8, 4) is 0 Å². The third kappa shape index (κ3) is 4.70. The van der Waals surface area contributed by atoms with Crippen LogP contribution in [0.3, 0.4) is 0 Å². The number of pyridine rings is 1. The van der Waals surface area contributed by atoms with Crippen LogP contribution in [0.15, 0.2) is 12.1 Å². The zero-order valence-electron chi connectivity index (χ0n) is 14.2. The molecule has 2 heterocycles. The molecule has 0 saturated carbocycles. The lowest BCUT2D eigenvalue weighted by molar-refractivity contribution is 0.480. The van der Waals surface area contributed by atoms with Crippen LogP contribution in [0.25, 0.3) is 0 Å². The molecule has 0 radical (unpaired) electrons. The van der Waals surface area contributed by atoms with E-state index >= 15 is 0 Å². The largest absolute Gasteiger partial charge is 0.354 e. The van der Waals surface area contributed by atoms with Crippen molar-refractivity contribution in [3.05, 3.63) is 23.4 Å². The van der Waals surface area contributed by atoms with Crippen LogP contribution < -0.4 is 10.2 Å². The molecule has 3 heteroatoms. The minimum Gasteiger partial charge on any atom is -0.354 e. The SMILES string of the molecule is CCc1cc(CNCC(C)C)cc(N2CCCCC2C)n1. The maximum absolute atomic E-state index is 4.87. The van der Waals surface area contributed by atoms with Crippen molar-refractivity contribution < 1.29 is 0 Å². The minimum atomic E-state index is 0.620. The highest BCUT2D eigenvalue weighted by atomic mass is 15.2. The van der Waals surface area contributed by atoms with Crippen molar-refractivity contribution in [2.75, 3.05) is 18.0 Å². The highest BCUT2D eigenvalue weighted by molar-refractivity contribution is 5.44. The van der Waals surface area contributed by atoms with E-state index in [1.807, 2.05) is 0 Å². The van der Waals surface area contributed by atoms with Gasteiger partial charge in [0.1, 0.15) is 5.82 Å². The van der Waals surface area contributed by atoms with Crippen LogP contribution in [-0.4, -0.2) is 24.1 Å². The summed E-state index contributed by atoms with van der Waals surface area (Å²) in [6, 6.07) is 5.16. The van der Waals surface area contributed by atoms with E-state index in [2.05, 4.69) is 50.0 Å². The zero-order valence-corrected chi connectivity index (χ0v) is 14.2. The summed E-state index contributed by atoms with van der Waals surface area (Å²) in [6.07, 6.45) is 4.95. The maximum atomic E-state index is 4.87. The highest BCUT2D eigenvalue weighted by Crippen LogP contribution is 2.24. The van der Waals surface area contributed by atoms with E-state index in [1.54, 1.807) is 0 Å². The summed E-state index contributed by atoms with van der Waals surface area (Å²) in [5.41, 5.74) is 2.59. The number of aromatic nitrogens is 1. The number of piperidine rings is 1. The number of hydrogen-bond donors (Lipinski definition) is 1. The Bertz CT molecular complexity index is 442. The molecule has 1 saturated heterocycles. The third-order valence-corrected chi connectivity index (χ3v) is 4.27. The number of nitrogens with zero attached hydrogens (tertiary/aromatic N) is 2. The highest BCUT2D eigenvalue weighted by Gasteiger charge is 2.20. The van der Waals surface area contributed by atoms with Gasteiger partial charge in [0.15, 0.2) is 0 Å². The van der Waals surface area contributed by atoms with E-state index in [4.69, 9.17) is 4.98 Å². The van der Waals surface area contributed by atoms with E-state index in [0.717, 1.165) is 26.1 Å². The number of aryl methyl sites for hydroxylation is 1. The fraction of sp³-hybridized carbons (Fsp3) is 0.722. The van der Waals surface area contributed by atoms with Gasteiger partial charge < -0.3 is 10.2 Å². The molecule has 0 spiro atoms. The Kier molecular flexibility index (Phi) is 6.04. The Labute approximate surface area is 130 Å². The van der Waals surface area contributed by atoms with Crippen molar-refractivity contribution in [2.24, 2.45) is 5.92 Å². The fourth-order valence-electron chi connectivity index (χ4n) is 3.01. The zero-order chi connectivity index (χ0) is 15.2. The molecule has 2 rings (SSSR count). The molecule has 1 aliphatic heterocycles. The summed E-state index contributed by atoms with van der Waals surface area (Å²) in [5.74, 6) is 1.88. The molecule has 1 aliphatic rings. The molecule has 0 amide bonds. The summed E-state index contributed by atoms with van der Waals surface area (Å²) in [5, 5.41) is 3.55. The molecule has 0 bridgehead atoms. The second-order valence-corrected chi connectivity index (χ2v) is 6.74. The fourth-order valence-corrected chi connectivity index (χ4v) is 3.01. The number of rotatable bonds is 6. The Balaban J connectivity index is 2.12. The molecule has 3 nitrogen and oxygen atoms in total. The molecule has 1 atom stereocenters. The molecule has 1 aromatic rings. The lowest BCUT2D eigenvalue weighted by atomic mass is 10.0. The van der Waals surface area contributed by atoms with Gasteiger partial charge in [-0.1, -0.05) is 20.8 Å². The van der Waals surface area contributed by atoms with Crippen LogP contribution in [0.5, 0.6) is 0 Å². The number of anilines is 1. The van der Waals surface area contributed by atoms with Crippen LogP contribution in [0.1, 0.15) is 58.2 Å². The van der Waals surface area contributed by atoms with Gasteiger partial charge in [0.25, 0.3) is 0 Å². The van der Waals surface area contributed by atoms with Crippen molar-refractivity contribution in [1.29, 1.82) is 0 Å². The monoisotopic (exact) mass is 289 g/mol. The topological polar surface area (TPSA) is 28.2 Å². The lowest BCUT2D eigenvalue weighted by Crippen LogP contribution is -2.38. The van der Waals surface area contributed by atoms with E-state index in [1.165, 1.54) is 36.3 Å². The van der Waals surface area contributed by atoms with E-state index in [9.17, 15) is 0 Å². The molecule has 1 unspecified atom stereocenters. The van der Waals surface area contributed by atoms with Gasteiger partial charge in [-0.05, 0) is 62.8 Å². The van der Waals surface area contributed by atoms with Gasteiger partial charge in [0.05, 0.1) is 0 Å². The third-order valence-electron chi connectivity index (χ3n) is 4.27. The molecular formula is C18H31N3. The molecule has 21 heavy (non-hydrogen) atoms. The van der Waals surface area contributed by atoms with Crippen molar-refractivity contribution in [1.82, 2.24) is 10.3 Å². The molecule has 0 aromatic carbocycles. The first-order valence-electron chi connectivity index (χ1n) is 8.57. The average molecular weight is 289 g/mol. The van der Waals surface area contributed by atoms with Crippen LogP contribution in [0, 0.1) is 5.92 Å². The molecule has 1 N–H and O–H groups in total. The molecule has 1 aromatic heterocycles. The Morgan fingerprint density at radius 1 is 1.33 bits per heavy atom. The van der Waals surface area contributed by atoms with Gasteiger partial charge >= 0.3 is 0 Å². The van der Waals surface area contributed by atoms with Gasteiger partial charge in [0, 0.05) is 24.8 Å². The van der Waals surface area contributed by atoms with Crippen LogP contribution in [0.2, 0.25) is 0 Å². The molecule has 0 aliphatic carbocycles. The van der Waals surface area contributed by atoms with E-state index in [0.29, 0.717) is 12.0 Å². The summed E-state index contributed by atoms with van der Waals surface area (Å²) in [7, 11) is 0.